The largest absolute Gasteiger partial charge is 0.503 e. The average Bonchev–Trinajstić information content (AvgIpc) is 2.56. The Kier molecular flexibility index (Phi) is 5.02. The van der Waals surface area contributed by atoms with Gasteiger partial charge in [0.05, 0.1) is 6.54 Å². The number of benzene rings is 1. The summed E-state index contributed by atoms with van der Waals surface area (Å²) in [4.78, 5) is 17.0. The molecule has 0 saturated carbocycles. The van der Waals surface area contributed by atoms with Gasteiger partial charge in [0.2, 0.25) is 0 Å². The SMILES string of the molecule is Cc1cccc(Cn2ccc(CN3CCN(C)CC3)c(O)c2=O)c1. The van der Waals surface area contributed by atoms with E-state index < -0.39 is 0 Å². The number of piperazine rings is 1. The van der Waals surface area contributed by atoms with Crippen molar-refractivity contribution >= 4 is 0 Å². The van der Waals surface area contributed by atoms with Gasteiger partial charge in [0, 0.05) is 44.5 Å². The van der Waals surface area contributed by atoms with E-state index >= 15 is 0 Å². The Bertz CT molecular complexity index is 761. The highest BCUT2D eigenvalue weighted by molar-refractivity contribution is 5.30. The molecular weight excluding hydrogens is 302 g/mol. The van der Waals surface area contributed by atoms with Crippen molar-refractivity contribution in [2.24, 2.45) is 0 Å². The van der Waals surface area contributed by atoms with Gasteiger partial charge in [-0.25, -0.2) is 0 Å². The van der Waals surface area contributed by atoms with Crippen LogP contribution in [0.2, 0.25) is 0 Å². The zero-order valence-corrected chi connectivity index (χ0v) is 14.4. The number of hydrogen-bond acceptors (Lipinski definition) is 4. The van der Waals surface area contributed by atoms with Crippen molar-refractivity contribution in [3.8, 4) is 5.75 Å². The van der Waals surface area contributed by atoms with Crippen LogP contribution in [0.4, 0.5) is 0 Å². The quantitative estimate of drug-likeness (QED) is 0.928. The van der Waals surface area contributed by atoms with Gasteiger partial charge in [0.1, 0.15) is 0 Å². The summed E-state index contributed by atoms with van der Waals surface area (Å²) in [6, 6.07) is 9.93. The van der Waals surface area contributed by atoms with Gasteiger partial charge in [-0.2, -0.15) is 0 Å². The molecular formula is C19H25N3O2. The van der Waals surface area contributed by atoms with Gasteiger partial charge in [-0.3, -0.25) is 9.69 Å². The normalized spacial score (nSPS) is 16.4. The third-order valence-electron chi connectivity index (χ3n) is 4.65. The van der Waals surface area contributed by atoms with Crippen molar-refractivity contribution in [3.05, 3.63) is 63.6 Å². The van der Waals surface area contributed by atoms with Crippen LogP contribution in [-0.2, 0) is 13.1 Å². The smallest absolute Gasteiger partial charge is 0.293 e. The van der Waals surface area contributed by atoms with Crippen LogP contribution in [0.1, 0.15) is 16.7 Å². The molecule has 5 nitrogen and oxygen atoms in total. The van der Waals surface area contributed by atoms with Crippen molar-refractivity contribution in [3.63, 3.8) is 0 Å². The standard InChI is InChI=1S/C19H25N3O2/c1-15-4-3-5-16(12-15)13-22-7-6-17(18(23)19(22)24)14-21-10-8-20(2)9-11-21/h3-7,12,23H,8-11,13-14H2,1-2H3. The molecule has 1 N–H and O–H groups in total. The van der Waals surface area contributed by atoms with Crippen LogP contribution in [0, 0.1) is 6.92 Å². The van der Waals surface area contributed by atoms with E-state index in [1.807, 2.05) is 31.2 Å². The number of aromatic hydroxyl groups is 1. The second kappa shape index (κ2) is 7.20. The molecule has 2 aromatic rings. The maximum absolute atomic E-state index is 12.5. The zero-order chi connectivity index (χ0) is 17.1. The summed E-state index contributed by atoms with van der Waals surface area (Å²) < 4.78 is 1.57. The Morgan fingerprint density at radius 2 is 1.83 bits per heavy atom. The third kappa shape index (κ3) is 3.86. The monoisotopic (exact) mass is 327 g/mol. The van der Waals surface area contributed by atoms with Crippen LogP contribution in [-0.4, -0.2) is 52.7 Å². The fraction of sp³-hybridized carbons (Fsp3) is 0.421. The fourth-order valence-electron chi connectivity index (χ4n) is 3.11. The molecule has 1 aromatic heterocycles. The first-order valence-electron chi connectivity index (χ1n) is 8.40. The maximum atomic E-state index is 12.5. The van der Waals surface area contributed by atoms with E-state index in [0.717, 1.165) is 37.3 Å². The maximum Gasteiger partial charge on any atom is 0.293 e. The van der Waals surface area contributed by atoms with Crippen molar-refractivity contribution in [2.45, 2.75) is 20.0 Å². The lowest BCUT2D eigenvalue weighted by Gasteiger charge is -2.32. The minimum atomic E-state index is -0.317. The zero-order valence-electron chi connectivity index (χ0n) is 14.4. The molecule has 5 heteroatoms. The Balaban J connectivity index is 1.75. The number of rotatable bonds is 4. The molecule has 0 aliphatic carbocycles. The van der Waals surface area contributed by atoms with Gasteiger partial charge >= 0.3 is 0 Å². The first-order valence-corrected chi connectivity index (χ1v) is 8.40. The van der Waals surface area contributed by atoms with E-state index in [1.54, 1.807) is 10.8 Å². The Morgan fingerprint density at radius 3 is 2.54 bits per heavy atom. The number of likely N-dealkylation sites (N-methyl/N-ethyl adjacent to an activating group) is 1. The van der Waals surface area contributed by atoms with Gasteiger partial charge in [-0.15, -0.1) is 0 Å². The molecule has 1 aliphatic heterocycles. The Hall–Kier alpha value is -2.11. The molecule has 0 spiro atoms. The van der Waals surface area contributed by atoms with E-state index in [-0.39, 0.29) is 11.3 Å². The average molecular weight is 327 g/mol. The molecule has 0 amide bonds. The third-order valence-corrected chi connectivity index (χ3v) is 4.65. The van der Waals surface area contributed by atoms with Gasteiger partial charge in [-0.1, -0.05) is 29.8 Å². The van der Waals surface area contributed by atoms with Gasteiger partial charge in [0.15, 0.2) is 5.75 Å². The highest BCUT2D eigenvalue weighted by Gasteiger charge is 2.17. The van der Waals surface area contributed by atoms with Crippen LogP contribution in [0.25, 0.3) is 0 Å². The van der Waals surface area contributed by atoms with Crippen LogP contribution in [0.5, 0.6) is 5.75 Å². The molecule has 1 aromatic carbocycles. The highest BCUT2D eigenvalue weighted by Crippen LogP contribution is 2.15. The minimum absolute atomic E-state index is 0.121. The predicted molar refractivity (Wildman–Crippen MR) is 95.4 cm³/mol. The number of nitrogens with zero attached hydrogens (tertiary/aromatic N) is 3. The van der Waals surface area contributed by atoms with Crippen LogP contribution in [0.15, 0.2) is 41.3 Å². The molecule has 0 radical (unpaired) electrons. The van der Waals surface area contributed by atoms with Crippen molar-refractivity contribution in [2.75, 3.05) is 33.2 Å². The van der Waals surface area contributed by atoms with Crippen molar-refractivity contribution < 1.29 is 5.11 Å². The van der Waals surface area contributed by atoms with Crippen LogP contribution < -0.4 is 5.56 Å². The van der Waals surface area contributed by atoms with E-state index in [4.69, 9.17) is 0 Å². The van der Waals surface area contributed by atoms with Crippen LogP contribution >= 0.6 is 0 Å². The summed E-state index contributed by atoms with van der Waals surface area (Å²) in [6.07, 6.45) is 1.79. The van der Waals surface area contributed by atoms with E-state index in [1.165, 1.54) is 0 Å². The molecule has 1 aliphatic rings. The van der Waals surface area contributed by atoms with E-state index in [9.17, 15) is 9.90 Å². The van der Waals surface area contributed by atoms with Gasteiger partial charge < -0.3 is 14.6 Å². The second-order valence-corrected chi connectivity index (χ2v) is 6.69. The molecule has 0 unspecified atom stereocenters. The van der Waals surface area contributed by atoms with E-state index in [0.29, 0.717) is 18.7 Å². The summed E-state index contributed by atoms with van der Waals surface area (Å²) in [6.45, 7) is 7.09. The lowest BCUT2D eigenvalue weighted by atomic mass is 10.1. The predicted octanol–water partition coefficient (Wildman–Crippen LogP) is 1.66. The second-order valence-electron chi connectivity index (χ2n) is 6.69. The minimum Gasteiger partial charge on any atom is -0.503 e. The van der Waals surface area contributed by atoms with Crippen LogP contribution in [0.3, 0.4) is 0 Å². The summed E-state index contributed by atoms with van der Waals surface area (Å²) in [5.74, 6) is -0.121. The number of hydrogen-bond donors (Lipinski definition) is 1. The fourth-order valence-corrected chi connectivity index (χ4v) is 3.11. The summed E-state index contributed by atoms with van der Waals surface area (Å²) in [5, 5.41) is 10.3. The van der Waals surface area contributed by atoms with Gasteiger partial charge in [-0.05, 0) is 25.6 Å². The number of aryl methyl sites for hydroxylation is 1. The molecule has 2 heterocycles. The number of pyridine rings is 1. The lowest BCUT2D eigenvalue weighted by Crippen LogP contribution is -2.44. The summed E-state index contributed by atoms with van der Waals surface area (Å²) in [5.41, 5.74) is 2.62. The Labute approximate surface area is 142 Å². The molecule has 128 valence electrons. The van der Waals surface area contributed by atoms with E-state index in [2.05, 4.69) is 22.9 Å². The number of aromatic nitrogens is 1. The topological polar surface area (TPSA) is 48.7 Å². The summed E-state index contributed by atoms with van der Waals surface area (Å²) >= 11 is 0. The van der Waals surface area contributed by atoms with Crippen molar-refractivity contribution in [1.82, 2.24) is 14.4 Å². The molecule has 24 heavy (non-hydrogen) atoms. The van der Waals surface area contributed by atoms with Crippen molar-refractivity contribution in [1.29, 1.82) is 0 Å². The first kappa shape index (κ1) is 16.7. The molecule has 3 rings (SSSR count). The molecule has 0 bridgehead atoms. The lowest BCUT2D eigenvalue weighted by molar-refractivity contribution is 0.147. The molecule has 1 saturated heterocycles. The first-order chi connectivity index (χ1) is 11.5. The molecule has 1 fully saturated rings. The molecule has 0 atom stereocenters. The highest BCUT2D eigenvalue weighted by atomic mass is 16.3. The summed E-state index contributed by atoms with van der Waals surface area (Å²) in [7, 11) is 2.11. The Morgan fingerprint density at radius 1 is 1.08 bits per heavy atom. The van der Waals surface area contributed by atoms with Gasteiger partial charge in [0.25, 0.3) is 5.56 Å².